The summed E-state index contributed by atoms with van der Waals surface area (Å²) in [6.45, 7) is 4.68. The third-order valence-corrected chi connectivity index (χ3v) is 3.68. The van der Waals surface area contributed by atoms with Gasteiger partial charge in [0, 0.05) is 11.1 Å². The first kappa shape index (κ1) is 11.5. The number of thiazole rings is 1. The van der Waals surface area contributed by atoms with Crippen molar-refractivity contribution in [2.45, 2.75) is 32.2 Å². The fraction of sp³-hybridized carbons (Fsp3) is 0.500. The Morgan fingerprint density at radius 3 is 3.00 bits per heavy atom. The third kappa shape index (κ3) is 2.59. The number of hydrogen-bond acceptors (Lipinski definition) is 4. The highest BCUT2D eigenvalue weighted by Gasteiger charge is 2.10. The molecule has 0 aromatic carbocycles. The minimum absolute atomic E-state index is 0.0493. The smallest absolute Gasteiger partial charge is 0.114 e. The third-order valence-electron chi connectivity index (χ3n) is 2.20. The van der Waals surface area contributed by atoms with Gasteiger partial charge >= 0.3 is 0 Å². The normalized spacial score (nSPS) is 12.9. The maximum Gasteiger partial charge on any atom is 0.114 e. The van der Waals surface area contributed by atoms with Crippen molar-refractivity contribution in [1.29, 1.82) is 0 Å². The molecule has 0 fully saturated rings. The monoisotopic (exact) mass is 256 g/mol. The van der Waals surface area contributed by atoms with E-state index in [0.29, 0.717) is 6.54 Å². The number of aromatic nitrogens is 4. The minimum Gasteiger partial charge on any atom is -0.245 e. The van der Waals surface area contributed by atoms with Gasteiger partial charge < -0.3 is 0 Å². The van der Waals surface area contributed by atoms with Gasteiger partial charge in [0.15, 0.2) is 0 Å². The lowest BCUT2D eigenvalue weighted by atomic mass is 10.3. The van der Waals surface area contributed by atoms with Crippen molar-refractivity contribution in [3.63, 3.8) is 0 Å². The van der Waals surface area contributed by atoms with Crippen molar-refractivity contribution in [2.24, 2.45) is 0 Å². The van der Waals surface area contributed by atoms with Crippen molar-refractivity contribution in [3.8, 4) is 0 Å². The van der Waals surface area contributed by atoms with Gasteiger partial charge in [-0.1, -0.05) is 12.1 Å². The molecule has 0 amide bonds. The van der Waals surface area contributed by atoms with E-state index in [-0.39, 0.29) is 5.38 Å². The maximum atomic E-state index is 6.08. The topological polar surface area (TPSA) is 43.6 Å². The zero-order chi connectivity index (χ0) is 11.5. The van der Waals surface area contributed by atoms with E-state index in [1.165, 1.54) is 0 Å². The first-order valence-corrected chi connectivity index (χ1v) is 6.45. The molecule has 0 spiro atoms. The SMILES string of the molecule is CCC(Cl)c1cn(Cc2nc(C)cs2)nn1. The van der Waals surface area contributed by atoms with E-state index >= 15 is 0 Å². The fourth-order valence-corrected chi connectivity index (χ4v) is 2.22. The van der Waals surface area contributed by atoms with Crippen LogP contribution in [-0.4, -0.2) is 20.0 Å². The Balaban J connectivity index is 2.08. The van der Waals surface area contributed by atoms with Crippen LogP contribution in [0.1, 0.15) is 35.1 Å². The quantitative estimate of drug-likeness (QED) is 0.790. The number of rotatable bonds is 4. The molecule has 0 saturated heterocycles. The molecule has 0 radical (unpaired) electrons. The number of nitrogens with zero attached hydrogens (tertiary/aromatic N) is 4. The second kappa shape index (κ2) is 4.93. The highest BCUT2D eigenvalue weighted by atomic mass is 35.5. The Bertz CT molecular complexity index is 465. The van der Waals surface area contributed by atoms with E-state index in [9.17, 15) is 0 Å². The second-order valence-corrected chi connectivity index (χ2v) is 5.07. The lowest BCUT2D eigenvalue weighted by Crippen LogP contribution is -1.99. The van der Waals surface area contributed by atoms with Crippen LogP contribution in [0.25, 0.3) is 0 Å². The Labute approximate surface area is 103 Å². The van der Waals surface area contributed by atoms with Gasteiger partial charge in [0.2, 0.25) is 0 Å². The van der Waals surface area contributed by atoms with Crippen molar-refractivity contribution in [2.75, 3.05) is 0 Å². The fourth-order valence-electron chi connectivity index (χ4n) is 1.36. The molecule has 1 unspecified atom stereocenters. The van der Waals surface area contributed by atoms with E-state index in [1.54, 1.807) is 16.0 Å². The summed E-state index contributed by atoms with van der Waals surface area (Å²) in [5.74, 6) is 0. The number of alkyl halides is 1. The van der Waals surface area contributed by atoms with Crippen LogP contribution in [-0.2, 0) is 6.54 Å². The molecule has 4 nitrogen and oxygen atoms in total. The molecule has 1 atom stereocenters. The van der Waals surface area contributed by atoms with Crippen LogP contribution in [0, 0.1) is 6.92 Å². The Hall–Kier alpha value is -0.940. The minimum atomic E-state index is -0.0493. The van der Waals surface area contributed by atoms with Gasteiger partial charge in [-0.05, 0) is 13.3 Å². The van der Waals surface area contributed by atoms with E-state index in [2.05, 4.69) is 15.3 Å². The summed E-state index contributed by atoms with van der Waals surface area (Å²) in [5.41, 5.74) is 1.88. The standard InChI is InChI=1S/C10H13ClN4S/c1-3-8(11)9-4-15(14-13-9)5-10-12-7(2)6-16-10/h4,6,8H,3,5H2,1-2H3. The molecule has 0 aliphatic rings. The molecule has 16 heavy (non-hydrogen) atoms. The van der Waals surface area contributed by atoms with Crippen LogP contribution in [0.3, 0.4) is 0 Å². The van der Waals surface area contributed by atoms with Gasteiger partial charge in [-0.25, -0.2) is 9.67 Å². The Kier molecular flexibility index (Phi) is 3.56. The summed E-state index contributed by atoms with van der Waals surface area (Å²) in [5, 5.41) is 11.1. The van der Waals surface area contributed by atoms with Crippen LogP contribution in [0.15, 0.2) is 11.6 Å². The second-order valence-electron chi connectivity index (χ2n) is 3.60. The van der Waals surface area contributed by atoms with Crippen LogP contribution in [0.2, 0.25) is 0 Å². The average molecular weight is 257 g/mol. The summed E-state index contributed by atoms with van der Waals surface area (Å²) in [7, 11) is 0. The molecule has 86 valence electrons. The average Bonchev–Trinajstić information content (AvgIpc) is 2.87. The van der Waals surface area contributed by atoms with Crippen LogP contribution in [0.5, 0.6) is 0 Å². The molecule has 0 aliphatic heterocycles. The summed E-state index contributed by atoms with van der Waals surface area (Å²) in [4.78, 5) is 4.38. The van der Waals surface area contributed by atoms with Crippen molar-refractivity contribution in [1.82, 2.24) is 20.0 Å². The first-order valence-electron chi connectivity index (χ1n) is 5.14. The molecule has 0 saturated carbocycles. The molecule has 2 aromatic rings. The lowest BCUT2D eigenvalue weighted by Gasteiger charge is -1.98. The molecule has 2 heterocycles. The predicted molar refractivity (Wildman–Crippen MR) is 64.9 cm³/mol. The van der Waals surface area contributed by atoms with Crippen molar-refractivity contribution < 1.29 is 0 Å². The maximum absolute atomic E-state index is 6.08. The van der Waals surface area contributed by atoms with Gasteiger partial charge in [0.05, 0.1) is 18.1 Å². The highest BCUT2D eigenvalue weighted by Crippen LogP contribution is 2.21. The summed E-state index contributed by atoms with van der Waals surface area (Å²) in [6, 6.07) is 0. The van der Waals surface area contributed by atoms with E-state index in [4.69, 9.17) is 11.6 Å². The van der Waals surface area contributed by atoms with Gasteiger partial charge in [-0.2, -0.15) is 0 Å². The lowest BCUT2D eigenvalue weighted by molar-refractivity contribution is 0.645. The summed E-state index contributed by atoms with van der Waals surface area (Å²) >= 11 is 7.72. The van der Waals surface area contributed by atoms with Crippen LogP contribution >= 0.6 is 22.9 Å². The molecule has 0 aliphatic carbocycles. The number of hydrogen-bond donors (Lipinski definition) is 0. The molecule has 0 N–H and O–H groups in total. The van der Waals surface area contributed by atoms with Gasteiger partial charge in [-0.15, -0.1) is 28.0 Å². The molecule has 6 heteroatoms. The number of aryl methyl sites for hydroxylation is 1. The van der Waals surface area contributed by atoms with Crippen molar-refractivity contribution >= 4 is 22.9 Å². The largest absolute Gasteiger partial charge is 0.245 e. The highest BCUT2D eigenvalue weighted by molar-refractivity contribution is 7.09. The molecular weight excluding hydrogens is 244 g/mol. The first-order chi connectivity index (χ1) is 7.69. The van der Waals surface area contributed by atoms with Gasteiger partial charge in [0.25, 0.3) is 0 Å². The summed E-state index contributed by atoms with van der Waals surface area (Å²) < 4.78 is 1.78. The number of halogens is 1. The van der Waals surface area contributed by atoms with Crippen LogP contribution < -0.4 is 0 Å². The molecule has 2 aromatic heterocycles. The molecule has 0 bridgehead atoms. The zero-order valence-electron chi connectivity index (χ0n) is 9.22. The van der Waals surface area contributed by atoms with Crippen molar-refractivity contribution in [3.05, 3.63) is 28.0 Å². The molecular formula is C10H13ClN4S. The van der Waals surface area contributed by atoms with E-state index in [0.717, 1.165) is 22.8 Å². The van der Waals surface area contributed by atoms with Crippen LogP contribution in [0.4, 0.5) is 0 Å². The zero-order valence-corrected chi connectivity index (χ0v) is 10.8. The van der Waals surface area contributed by atoms with E-state index in [1.807, 2.05) is 25.4 Å². The Morgan fingerprint density at radius 2 is 2.38 bits per heavy atom. The van der Waals surface area contributed by atoms with Gasteiger partial charge in [0.1, 0.15) is 10.7 Å². The summed E-state index contributed by atoms with van der Waals surface area (Å²) in [6.07, 6.45) is 2.74. The van der Waals surface area contributed by atoms with E-state index < -0.39 is 0 Å². The predicted octanol–water partition coefficient (Wildman–Crippen LogP) is 2.78. The Morgan fingerprint density at radius 1 is 1.56 bits per heavy atom. The molecule has 2 rings (SSSR count). The van der Waals surface area contributed by atoms with Gasteiger partial charge in [-0.3, -0.25) is 0 Å².